The van der Waals surface area contributed by atoms with Crippen molar-refractivity contribution < 1.29 is 9.59 Å². The lowest BCUT2D eigenvalue weighted by Crippen LogP contribution is -2.32. The van der Waals surface area contributed by atoms with Gasteiger partial charge in [-0.1, -0.05) is 24.3 Å². The molecular formula is C19H24N4O2. The molecule has 0 bridgehead atoms. The standard InChI is InChI=1S/C19H24N4O2/c1-14-6-4-5-7-16(14)13-22-18(24)15-8-9-20-17(12-15)19(25)21-10-11-23(2)3/h4-9,12H,10-11,13H2,1-3H3,(H,21,25)(H,22,24). The van der Waals surface area contributed by atoms with E-state index in [1.165, 1.54) is 12.3 Å². The molecule has 0 aliphatic carbocycles. The van der Waals surface area contributed by atoms with E-state index >= 15 is 0 Å². The maximum absolute atomic E-state index is 12.3. The Labute approximate surface area is 148 Å². The van der Waals surface area contributed by atoms with Crippen LogP contribution in [-0.4, -0.2) is 48.9 Å². The summed E-state index contributed by atoms with van der Waals surface area (Å²) in [5.41, 5.74) is 2.84. The fourth-order valence-corrected chi connectivity index (χ4v) is 2.27. The third kappa shape index (κ3) is 5.69. The summed E-state index contributed by atoms with van der Waals surface area (Å²) in [6.07, 6.45) is 1.48. The Balaban J connectivity index is 1.96. The fraction of sp³-hybridized carbons (Fsp3) is 0.316. The van der Waals surface area contributed by atoms with Crippen LogP contribution in [0.2, 0.25) is 0 Å². The second kappa shape index (κ2) is 8.94. The van der Waals surface area contributed by atoms with Crippen LogP contribution in [0.15, 0.2) is 42.6 Å². The number of hydrogen-bond donors (Lipinski definition) is 2. The maximum atomic E-state index is 12.3. The first kappa shape index (κ1) is 18.6. The van der Waals surface area contributed by atoms with Crippen molar-refractivity contribution in [3.63, 3.8) is 0 Å². The third-order valence-electron chi connectivity index (χ3n) is 3.80. The van der Waals surface area contributed by atoms with Crippen molar-refractivity contribution >= 4 is 11.8 Å². The van der Waals surface area contributed by atoms with Gasteiger partial charge in [0.05, 0.1) is 0 Å². The minimum absolute atomic E-state index is 0.229. The quantitative estimate of drug-likeness (QED) is 0.803. The molecular weight excluding hydrogens is 316 g/mol. The number of aromatic nitrogens is 1. The lowest BCUT2D eigenvalue weighted by atomic mass is 10.1. The number of rotatable bonds is 7. The van der Waals surface area contributed by atoms with E-state index in [2.05, 4.69) is 15.6 Å². The van der Waals surface area contributed by atoms with Gasteiger partial charge in [-0.3, -0.25) is 14.6 Å². The topological polar surface area (TPSA) is 74.3 Å². The fourth-order valence-electron chi connectivity index (χ4n) is 2.27. The van der Waals surface area contributed by atoms with Crippen LogP contribution in [0.25, 0.3) is 0 Å². The van der Waals surface area contributed by atoms with Crippen molar-refractivity contribution in [3.8, 4) is 0 Å². The van der Waals surface area contributed by atoms with Gasteiger partial charge in [-0.2, -0.15) is 0 Å². The molecule has 0 unspecified atom stereocenters. The predicted molar refractivity (Wildman–Crippen MR) is 97.5 cm³/mol. The van der Waals surface area contributed by atoms with Crippen LogP contribution >= 0.6 is 0 Å². The Morgan fingerprint density at radius 2 is 1.84 bits per heavy atom. The summed E-state index contributed by atoms with van der Waals surface area (Å²) in [6, 6.07) is 11.0. The third-order valence-corrected chi connectivity index (χ3v) is 3.80. The Morgan fingerprint density at radius 1 is 1.08 bits per heavy atom. The molecule has 2 aromatic rings. The average Bonchev–Trinajstić information content (AvgIpc) is 2.60. The van der Waals surface area contributed by atoms with Gasteiger partial charge in [-0.25, -0.2) is 0 Å². The minimum atomic E-state index is -0.282. The number of benzene rings is 1. The Hall–Kier alpha value is -2.73. The highest BCUT2D eigenvalue weighted by Gasteiger charge is 2.12. The van der Waals surface area contributed by atoms with Gasteiger partial charge in [0.15, 0.2) is 0 Å². The first-order chi connectivity index (χ1) is 12.0. The normalized spacial score (nSPS) is 10.6. The van der Waals surface area contributed by atoms with E-state index < -0.39 is 0 Å². The predicted octanol–water partition coefficient (Wildman–Crippen LogP) is 1.61. The monoisotopic (exact) mass is 340 g/mol. The number of hydrogen-bond acceptors (Lipinski definition) is 4. The minimum Gasteiger partial charge on any atom is -0.349 e. The summed E-state index contributed by atoms with van der Waals surface area (Å²) in [5.74, 6) is -0.511. The zero-order valence-electron chi connectivity index (χ0n) is 14.9. The molecule has 0 atom stereocenters. The van der Waals surface area contributed by atoms with Crippen molar-refractivity contribution in [2.24, 2.45) is 0 Å². The Kier molecular flexibility index (Phi) is 6.65. The molecule has 2 rings (SSSR count). The van der Waals surface area contributed by atoms with Crippen LogP contribution in [0.3, 0.4) is 0 Å². The van der Waals surface area contributed by atoms with Crippen LogP contribution in [0.4, 0.5) is 0 Å². The molecule has 132 valence electrons. The lowest BCUT2D eigenvalue weighted by molar-refractivity contribution is 0.0946. The summed E-state index contributed by atoms with van der Waals surface area (Å²) in [6.45, 7) is 3.71. The van der Waals surface area contributed by atoms with Gasteiger partial charge < -0.3 is 15.5 Å². The van der Waals surface area contributed by atoms with Crippen molar-refractivity contribution in [1.29, 1.82) is 0 Å². The number of pyridine rings is 1. The van der Waals surface area contributed by atoms with E-state index in [0.717, 1.165) is 17.7 Å². The van der Waals surface area contributed by atoms with E-state index in [1.54, 1.807) is 6.07 Å². The molecule has 6 heteroatoms. The van der Waals surface area contributed by atoms with E-state index in [0.29, 0.717) is 18.7 Å². The number of amides is 2. The summed E-state index contributed by atoms with van der Waals surface area (Å²) in [4.78, 5) is 30.5. The largest absolute Gasteiger partial charge is 0.349 e. The van der Waals surface area contributed by atoms with Gasteiger partial charge in [0, 0.05) is 31.4 Å². The van der Waals surface area contributed by atoms with E-state index in [9.17, 15) is 9.59 Å². The van der Waals surface area contributed by atoms with Gasteiger partial charge >= 0.3 is 0 Å². The van der Waals surface area contributed by atoms with Crippen molar-refractivity contribution in [3.05, 3.63) is 65.0 Å². The van der Waals surface area contributed by atoms with Gasteiger partial charge in [0.2, 0.25) is 0 Å². The summed E-state index contributed by atoms with van der Waals surface area (Å²) in [7, 11) is 3.87. The summed E-state index contributed by atoms with van der Waals surface area (Å²) in [5, 5.41) is 5.66. The molecule has 0 saturated heterocycles. The molecule has 0 radical (unpaired) electrons. The Bertz CT molecular complexity index is 744. The summed E-state index contributed by atoms with van der Waals surface area (Å²) >= 11 is 0. The highest BCUT2D eigenvalue weighted by atomic mass is 16.2. The van der Waals surface area contributed by atoms with Crippen molar-refractivity contribution in [1.82, 2.24) is 20.5 Å². The molecule has 0 fully saturated rings. The van der Waals surface area contributed by atoms with Crippen LogP contribution < -0.4 is 10.6 Å². The van der Waals surface area contributed by atoms with E-state index in [4.69, 9.17) is 0 Å². The number of likely N-dealkylation sites (N-methyl/N-ethyl adjacent to an activating group) is 1. The highest BCUT2D eigenvalue weighted by molar-refractivity contribution is 5.98. The van der Waals surface area contributed by atoms with E-state index in [-0.39, 0.29) is 17.5 Å². The van der Waals surface area contributed by atoms with Gasteiger partial charge in [0.1, 0.15) is 5.69 Å². The van der Waals surface area contributed by atoms with E-state index in [1.807, 2.05) is 50.2 Å². The SMILES string of the molecule is Cc1ccccc1CNC(=O)c1ccnc(C(=O)NCCN(C)C)c1. The number of carbonyl (C=O) groups is 2. The molecule has 0 spiro atoms. The number of nitrogens with one attached hydrogen (secondary N) is 2. The maximum Gasteiger partial charge on any atom is 0.269 e. The molecule has 0 aliphatic rings. The molecule has 1 heterocycles. The van der Waals surface area contributed by atoms with Gasteiger partial charge in [0.25, 0.3) is 11.8 Å². The molecule has 6 nitrogen and oxygen atoms in total. The zero-order valence-corrected chi connectivity index (χ0v) is 14.9. The number of carbonyl (C=O) groups excluding carboxylic acids is 2. The van der Waals surface area contributed by atoms with Crippen molar-refractivity contribution in [2.75, 3.05) is 27.2 Å². The first-order valence-corrected chi connectivity index (χ1v) is 8.19. The average molecular weight is 340 g/mol. The second-order valence-corrected chi connectivity index (χ2v) is 6.10. The zero-order chi connectivity index (χ0) is 18.2. The van der Waals surface area contributed by atoms with Gasteiger partial charge in [-0.15, -0.1) is 0 Å². The van der Waals surface area contributed by atoms with Gasteiger partial charge in [-0.05, 0) is 44.3 Å². The molecule has 25 heavy (non-hydrogen) atoms. The molecule has 2 amide bonds. The number of aryl methyl sites for hydroxylation is 1. The van der Waals surface area contributed by atoms with Crippen molar-refractivity contribution in [2.45, 2.75) is 13.5 Å². The smallest absolute Gasteiger partial charge is 0.269 e. The number of nitrogens with zero attached hydrogens (tertiary/aromatic N) is 2. The lowest BCUT2D eigenvalue weighted by Gasteiger charge is -2.11. The van der Waals surface area contributed by atoms with Crippen LogP contribution in [0.1, 0.15) is 32.0 Å². The first-order valence-electron chi connectivity index (χ1n) is 8.19. The molecule has 1 aromatic heterocycles. The van der Waals surface area contributed by atoms with Crippen LogP contribution in [0.5, 0.6) is 0 Å². The molecule has 0 aliphatic heterocycles. The molecule has 0 saturated carbocycles. The summed E-state index contributed by atoms with van der Waals surface area (Å²) < 4.78 is 0. The second-order valence-electron chi connectivity index (χ2n) is 6.10. The Morgan fingerprint density at radius 3 is 2.56 bits per heavy atom. The molecule has 1 aromatic carbocycles. The van der Waals surface area contributed by atoms with Crippen LogP contribution in [-0.2, 0) is 6.54 Å². The molecule has 2 N–H and O–H groups in total. The van der Waals surface area contributed by atoms with Crippen LogP contribution in [0, 0.1) is 6.92 Å². The highest BCUT2D eigenvalue weighted by Crippen LogP contribution is 2.07.